The molecular formula is C15H13BrFNO3. The highest BCUT2D eigenvalue weighted by molar-refractivity contribution is 9.10. The summed E-state index contributed by atoms with van der Waals surface area (Å²) in [5.74, 6) is -0.593. The first-order valence-electron chi connectivity index (χ1n) is 6.06. The Bertz CT molecular complexity index is 676. The molecule has 4 nitrogen and oxygen atoms in total. The van der Waals surface area contributed by atoms with Crippen LogP contribution in [-0.4, -0.2) is 13.1 Å². The molecule has 0 aliphatic rings. The third-order valence-corrected chi connectivity index (χ3v) is 3.58. The Labute approximate surface area is 129 Å². The summed E-state index contributed by atoms with van der Waals surface area (Å²) in [6.45, 7) is 0.161. The van der Waals surface area contributed by atoms with Crippen LogP contribution in [0.4, 0.5) is 10.1 Å². The first kappa shape index (κ1) is 15.3. The van der Waals surface area contributed by atoms with Crippen LogP contribution in [0.3, 0.4) is 0 Å². The minimum atomic E-state index is -0.568. The van der Waals surface area contributed by atoms with Crippen molar-refractivity contribution in [1.82, 2.24) is 0 Å². The van der Waals surface area contributed by atoms with Crippen LogP contribution in [0.1, 0.15) is 15.9 Å². The molecule has 6 heteroatoms. The van der Waals surface area contributed by atoms with Crippen molar-refractivity contribution in [3.63, 3.8) is 0 Å². The molecule has 0 unspecified atom stereocenters. The second-order valence-corrected chi connectivity index (χ2v) is 5.09. The van der Waals surface area contributed by atoms with E-state index in [9.17, 15) is 9.18 Å². The zero-order valence-corrected chi connectivity index (χ0v) is 12.8. The molecule has 0 aromatic heterocycles. The standard InChI is InChI=1S/C15H13BrFNO3/c1-20-15(19)14-12(18)3-2-4-13(14)21-8-9-5-6-10(17)7-11(9)16/h2-7H,8,18H2,1H3. The van der Waals surface area contributed by atoms with Crippen LogP contribution in [0, 0.1) is 5.82 Å². The summed E-state index contributed by atoms with van der Waals surface area (Å²) in [5.41, 5.74) is 6.98. The Morgan fingerprint density at radius 2 is 2.10 bits per heavy atom. The molecule has 0 aliphatic heterocycles. The molecule has 0 atom stereocenters. The quantitative estimate of drug-likeness (QED) is 0.674. The average molecular weight is 354 g/mol. The highest BCUT2D eigenvalue weighted by Crippen LogP contribution is 2.27. The van der Waals surface area contributed by atoms with Crippen LogP contribution in [0.2, 0.25) is 0 Å². The number of carbonyl (C=O) groups excluding carboxylic acids is 1. The van der Waals surface area contributed by atoms with Crippen LogP contribution in [-0.2, 0) is 11.3 Å². The molecule has 0 saturated heterocycles. The predicted octanol–water partition coefficient (Wildman–Crippen LogP) is 3.54. The van der Waals surface area contributed by atoms with E-state index in [0.29, 0.717) is 10.2 Å². The van der Waals surface area contributed by atoms with Gasteiger partial charge in [0.1, 0.15) is 23.7 Å². The first-order chi connectivity index (χ1) is 10.0. The minimum Gasteiger partial charge on any atom is -0.488 e. The van der Waals surface area contributed by atoms with Gasteiger partial charge in [0.2, 0.25) is 0 Å². The van der Waals surface area contributed by atoms with Crippen LogP contribution in [0.5, 0.6) is 5.75 Å². The van der Waals surface area contributed by atoms with E-state index in [1.54, 1.807) is 24.3 Å². The van der Waals surface area contributed by atoms with Gasteiger partial charge in [-0.05, 0) is 24.3 Å². The van der Waals surface area contributed by atoms with Gasteiger partial charge in [0.15, 0.2) is 0 Å². The van der Waals surface area contributed by atoms with Gasteiger partial charge in [-0.15, -0.1) is 0 Å². The zero-order chi connectivity index (χ0) is 15.4. The Morgan fingerprint density at radius 3 is 2.76 bits per heavy atom. The number of nitrogens with two attached hydrogens (primary N) is 1. The molecule has 21 heavy (non-hydrogen) atoms. The lowest BCUT2D eigenvalue weighted by Crippen LogP contribution is -2.09. The topological polar surface area (TPSA) is 61.5 Å². The van der Waals surface area contributed by atoms with E-state index in [2.05, 4.69) is 15.9 Å². The Kier molecular flexibility index (Phi) is 4.80. The van der Waals surface area contributed by atoms with Crippen molar-refractivity contribution in [1.29, 1.82) is 0 Å². The fraction of sp³-hybridized carbons (Fsp3) is 0.133. The van der Waals surface area contributed by atoms with E-state index in [1.165, 1.54) is 19.2 Å². The lowest BCUT2D eigenvalue weighted by Gasteiger charge is -2.13. The first-order valence-corrected chi connectivity index (χ1v) is 6.85. The Morgan fingerprint density at radius 1 is 1.33 bits per heavy atom. The smallest absolute Gasteiger partial charge is 0.343 e. The van der Waals surface area contributed by atoms with Gasteiger partial charge in [0.05, 0.1) is 7.11 Å². The molecule has 0 radical (unpaired) electrons. The number of hydrogen-bond acceptors (Lipinski definition) is 4. The molecule has 0 bridgehead atoms. The largest absolute Gasteiger partial charge is 0.488 e. The molecule has 0 amide bonds. The maximum Gasteiger partial charge on any atom is 0.343 e. The summed E-state index contributed by atoms with van der Waals surface area (Å²) in [6, 6.07) is 9.18. The SMILES string of the molecule is COC(=O)c1c(N)cccc1OCc1ccc(F)cc1Br. The van der Waals surface area contributed by atoms with E-state index in [-0.39, 0.29) is 23.7 Å². The number of halogens is 2. The van der Waals surface area contributed by atoms with Crippen LogP contribution in [0.15, 0.2) is 40.9 Å². The number of hydrogen-bond donors (Lipinski definition) is 1. The summed E-state index contributed by atoms with van der Waals surface area (Å²) < 4.78 is 23.9. The van der Waals surface area contributed by atoms with Crippen LogP contribution < -0.4 is 10.5 Å². The molecule has 0 heterocycles. The number of methoxy groups -OCH3 is 1. The molecule has 0 aliphatic carbocycles. The van der Waals surface area contributed by atoms with Gasteiger partial charge < -0.3 is 15.2 Å². The van der Waals surface area contributed by atoms with Crippen LogP contribution in [0.25, 0.3) is 0 Å². The monoisotopic (exact) mass is 353 g/mol. The number of rotatable bonds is 4. The molecule has 2 aromatic carbocycles. The minimum absolute atomic E-state index is 0.161. The summed E-state index contributed by atoms with van der Waals surface area (Å²) in [7, 11) is 1.27. The molecule has 0 spiro atoms. The fourth-order valence-electron chi connectivity index (χ4n) is 1.78. The predicted molar refractivity (Wildman–Crippen MR) is 80.6 cm³/mol. The fourth-order valence-corrected chi connectivity index (χ4v) is 2.25. The highest BCUT2D eigenvalue weighted by Gasteiger charge is 2.17. The maximum absolute atomic E-state index is 13.0. The van der Waals surface area contributed by atoms with Crippen molar-refractivity contribution in [2.24, 2.45) is 0 Å². The van der Waals surface area contributed by atoms with E-state index < -0.39 is 5.97 Å². The van der Waals surface area contributed by atoms with E-state index >= 15 is 0 Å². The third kappa shape index (κ3) is 3.52. The third-order valence-electron chi connectivity index (χ3n) is 2.85. The molecule has 2 aromatic rings. The van der Waals surface area contributed by atoms with Gasteiger partial charge in [0, 0.05) is 15.7 Å². The van der Waals surface area contributed by atoms with Crippen LogP contribution >= 0.6 is 15.9 Å². The van der Waals surface area contributed by atoms with Crippen molar-refractivity contribution in [3.05, 3.63) is 57.8 Å². The summed E-state index contributed by atoms with van der Waals surface area (Å²) in [5, 5.41) is 0. The summed E-state index contributed by atoms with van der Waals surface area (Å²) >= 11 is 3.26. The van der Waals surface area contributed by atoms with Crippen molar-refractivity contribution < 1.29 is 18.7 Å². The van der Waals surface area contributed by atoms with Crippen molar-refractivity contribution in [2.75, 3.05) is 12.8 Å². The van der Waals surface area contributed by atoms with E-state index in [0.717, 1.165) is 5.56 Å². The summed E-state index contributed by atoms with van der Waals surface area (Å²) in [4.78, 5) is 11.7. The van der Waals surface area contributed by atoms with Crippen molar-refractivity contribution >= 4 is 27.6 Å². The lowest BCUT2D eigenvalue weighted by molar-refractivity contribution is 0.0597. The van der Waals surface area contributed by atoms with Gasteiger partial charge in [0.25, 0.3) is 0 Å². The maximum atomic E-state index is 13.0. The number of ether oxygens (including phenoxy) is 2. The second kappa shape index (κ2) is 6.58. The Balaban J connectivity index is 2.24. The number of esters is 1. The molecule has 0 fully saturated rings. The van der Waals surface area contributed by atoms with Gasteiger partial charge in [-0.25, -0.2) is 9.18 Å². The molecule has 0 saturated carbocycles. The van der Waals surface area contributed by atoms with Crippen molar-refractivity contribution in [3.8, 4) is 5.75 Å². The summed E-state index contributed by atoms with van der Waals surface area (Å²) in [6.07, 6.45) is 0. The van der Waals surface area contributed by atoms with E-state index in [4.69, 9.17) is 15.2 Å². The van der Waals surface area contributed by atoms with E-state index in [1.807, 2.05) is 0 Å². The van der Waals surface area contributed by atoms with Gasteiger partial charge in [-0.1, -0.05) is 28.1 Å². The van der Waals surface area contributed by atoms with Gasteiger partial charge >= 0.3 is 5.97 Å². The molecular weight excluding hydrogens is 341 g/mol. The number of anilines is 1. The van der Waals surface area contributed by atoms with Crippen molar-refractivity contribution in [2.45, 2.75) is 6.61 Å². The number of nitrogen functional groups attached to an aromatic ring is 1. The lowest BCUT2D eigenvalue weighted by atomic mass is 10.1. The highest BCUT2D eigenvalue weighted by atomic mass is 79.9. The normalized spacial score (nSPS) is 10.2. The number of benzene rings is 2. The number of carbonyl (C=O) groups is 1. The Hall–Kier alpha value is -2.08. The van der Waals surface area contributed by atoms with Gasteiger partial charge in [-0.2, -0.15) is 0 Å². The molecule has 2 N–H and O–H groups in total. The second-order valence-electron chi connectivity index (χ2n) is 4.24. The average Bonchev–Trinajstić information content (AvgIpc) is 2.45. The zero-order valence-electron chi connectivity index (χ0n) is 11.2. The molecule has 2 rings (SSSR count). The molecule has 110 valence electrons. The van der Waals surface area contributed by atoms with Gasteiger partial charge in [-0.3, -0.25) is 0 Å².